The Labute approximate surface area is 121 Å². The fourth-order valence-electron chi connectivity index (χ4n) is 1.84. The molecule has 1 heterocycles. The average Bonchev–Trinajstić information content (AvgIpc) is 2.73. The quantitative estimate of drug-likeness (QED) is 0.800. The maximum absolute atomic E-state index is 13.8. The summed E-state index contributed by atoms with van der Waals surface area (Å²) >= 11 is 0. The standard InChI is InChI=1S/C15H16F2N2O2/c1-9-11(10-6-5-7-12(16)13(10)17)8-19(18-9)14(20)21-15(2,3)4/h5-8H,1-4H3. The van der Waals surface area contributed by atoms with Crippen LogP contribution in [0.4, 0.5) is 13.6 Å². The van der Waals surface area contributed by atoms with Gasteiger partial charge in [0.15, 0.2) is 11.6 Å². The number of aromatic nitrogens is 2. The predicted molar refractivity (Wildman–Crippen MR) is 73.9 cm³/mol. The van der Waals surface area contributed by atoms with Crippen molar-refractivity contribution in [2.75, 3.05) is 0 Å². The number of benzene rings is 1. The van der Waals surface area contributed by atoms with Crippen LogP contribution in [0, 0.1) is 18.6 Å². The lowest BCUT2D eigenvalue weighted by molar-refractivity contribution is 0.0514. The zero-order chi connectivity index (χ0) is 15.8. The molecule has 2 rings (SSSR count). The van der Waals surface area contributed by atoms with Gasteiger partial charge in [-0.1, -0.05) is 12.1 Å². The maximum Gasteiger partial charge on any atom is 0.435 e. The Kier molecular flexibility index (Phi) is 3.80. The van der Waals surface area contributed by atoms with E-state index in [-0.39, 0.29) is 5.56 Å². The van der Waals surface area contributed by atoms with Crippen LogP contribution >= 0.6 is 0 Å². The summed E-state index contributed by atoms with van der Waals surface area (Å²) in [4.78, 5) is 11.9. The SMILES string of the molecule is Cc1nn(C(=O)OC(C)(C)C)cc1-c1cccc(F)c1F. The van der Waals surface area contributed by atoms with Crippen LogP contribution in [-0.4, -0.2) is 21.5 Å². The highest BCUT2D eigenvalue weighted by Gasteiger charge is 2.21. The van der Waals surface area contributed by atoms with Gasteiger partial charge < -0.3 is 4.74 Å². The molecule has 2 aromatic rings. The first-order chi connectivity index (χ1) is 9.69. The molecule has 21 heavy (non-hydrogen) atoms. The highest BCUT2D eigenvalue weighted by molar-refractivity contribution is 5.74. The molecular weight excluding hydrogens is 278 g/mol. The molecular formula is C15H16F2N2O2. The van der Waals surface area contributed by atoms with E-state index in [1.807, 2.05) is 0 Å². The summed E-state index contributed by atoms with van der Waals surface area (Å²) in [6.07, 6.45) is 0.662. The fraction of sp³-hybridized carbons (Fsp3) is 0.333. The minimum atomic E-state index is -0.968. The first kappa shape index (κ1) is 15.2. The molecule has 0 saturated carbocycles. The Morgan fingerprint density at radius 2 is 1.90 bits per heavy atom. The van der Waals surface area contributed by atoms with Crippen molar-refractivity contribution in [1.82, 2.24) is 9.78 Å². The lowest BCUT2D eigenvalue weighted by atomic mass is 10.1. The molecule has 0 aliphatic carbocycles. The number of carbonyl (C=O) groups is 1. The molecule has 0 unspecified atom stereocenters. The first-order valence-electron chi connectivity index (χ1n) is 6.43. The Balaban J connectivity index is 2.40. The van der Waals surface area contributed by atoms with Gasteiger partial charge in [0.2, 0.25) is 0 Å². The monoisotopic (exact) mass is 294 g/mol. The van der Waals surface area contributed by atoms with Crippen LogP contribution in [-0.2, 0) is 4.74 Å². The molecule has 0 atom stereocenters. The molecule has 1 aromatic carbocycles. The number of hydrogen-bond acceptors (Lipinski definition) is 3. The summed E-state index contributed by atoms with van der Waals surface area (Å²) in [5.74, 6) is -1.92. The molecule has 0 bridgehead atoms. The molecule has 0 aliphatic heterocycles. The van der Waals surface area contributed by atoms with E-state index in [0.717, 1.165) is 10.7 Å². The second-order valence-electron chi connectivity index (χ2n) is 5.65. The van der Waals surface area contributed by atoms with Crippen LogP contribution in [0.1, 0.15) is 26.5 Å². The van der Waals surface area contributed by atoms with Crippen LogP contribution < -0.4 is 0 Å². The van der Waals surface area contributed by atoms with Crippen molar-refractivity contribution < 1.29 is 18.3 Å². The Bertz CT molecular complexity index is 687. The number of nitrogens with zero attached hydrogens (tertiary/aromatic N) is 2. The average molecular weight is 294 g/mol. The molecule has 0 N–H and O–H groups in total. The van der Waals surface area contributed by atoms with Gasteiger partial charge in [0, 0.05) is 17.3 Å². The molecule has 1 aromatic heterocycles. The van der Waals surface area contributed by atoms with Crippen LogP contribution in [0.2, 0.25) is 0 Å². The summed E-state index contributed by atoms with van der Waals surface area (Å²) in [6.45, 7) is 6.80. The van der Waals surface area contributed by atoms with Crippen molar-refractivity contribution in [3.8, 4) is 11.1 Å². The third kappa shape index (κ3) is 3.26. The molecule has 6 heteroatoms. The molecule has 0 fully saturated rings. The maximum atomic E-state index is 13.8. The summed E-state index contributed by atoms with van der Waals surface area (Å²) in [6, 6.07) is 3.87. The smallest absolute Gasteiger partial charge is 0.435 e. The van der Waals surface area contributed by atoms with E-state index >= 15 is 0 Å². The van der Waals surface area contributed by atoms with Crippen molar-refractivity contribution in [2.24, 2.45) is 0 Å². The third-order valence-electron chi connectivity index (χ3n) is 2.72. The van der Waals surface area contributed by atoms with E-state index in [2.05, 4.69) is 5.10 Å². The van der Waals surface area contributed by atoms with Gasteiger partial charge in [-0.3, -0.25) is 0 Å². The lowest BCUT2D eigenvalue weighted by Crippen LogP contribution is -2.27. The van der Waals surface area contributed by atoms with Gasteiger partial charge in [-0.05, 0) is 33.8 Å². The molecule has 4 nitrogen and oxygen atoms in total. The van der Waals surface area contributed by atoms with Crippen LogP contribution in [0.25, 0.3) is 11.1 Å². The highest BCUT2D eigenvalue weighted by Crippen LogP contribution is 2.27. The number of halogens is 2. The zero-order valence-corrected chi connectivity index (χ0v) is 12.3. The molecule has 0 aliphatic rings. The van der Waals surface area contributed by atoms with E-state index in [1.54, 1.807) is 27.7 Å². The first-order valence-corrected chi connectivity index (χ1v) is 6.43. The molecule has 0 amide bonds. The van der Waals surface area contributed by atoms with Gasteiger partial charge in [-0.25, -0.2) is 13.6 Å². The molecule has 112 valence electrons. The topological polar surface area (TPSA) is 44.1 Å². The number of rotatable bonds is 1. The minimum absolute atomic E-state index is 0.0577. The minimum Gasteiger partial charge on any atom is -0.442 e. The number of aryl methyl sites for hydroxylation is 1. The second kappa shape index (κ2) is 5.27. The van der Waals surface area contributed by atoms with Gasteiger partial charge in [0.1, 0.15) is 5.60 Å². The van der Waals surface area contributed by atoms with E-state index in [4.69, 9.17) is 4.74 Å². The lowest BCUT2D eigenvalue weighted by Gasteiger charge is -2.18. The summed E-state index contributed by atoms with van der Waals surface area (Å²) < 4.78 is 33.3. The van der Waals surface area contributed by atoms with Gasteiger partial charge in [-0.15, -0.1) is 0 Å². The van der Waals surface area contributed by atoms with Gasteiger partial charge in [-0.2, -0.15) is 9.78 Å². The molecule has 0 saturated heterocycles. The van der Waals surface area contributed by atoms with Crippen molar-refractivity contribution >= 4 is 6.09 Å². The third-order valence-corrected chi connectivity index (χ3v) is 2.72. The highest BCUT2D eigenvalue weighted by atomic mass is 19.2. The van der Waals surface area contributed by atoms with E-state index in [0.29, 0.717) is 11.3 Å². The summed E-state index contributed by atoms with van der Waals surface area (Å²) in [5, 5.41) is 3.99. The second-order valence-corrected chi connectivity index (χ2v) is 5.65. The number of hydrogen-bond donors (Lipinski definition) is 0. The number of ether oxygens (including phenoxy) is 1. The molecule has 0 spiro atoms. The normalized spacial score (nSPS) is 11.5. The Morgan fingerprint density at radius 1 is 1.24 bits per heavy atom. The van der Waals surface area contributed by atoms with Crippen LogP contribution in [0.5, 0.6) is 0 Å². The van der Waals surface area contributed by atoms with Gasteiger partial charge in [0.05, 0.1) is 5.69 Å². The van der Waals surface area contributed by atoms with Gasteiger partial charge in [0.25, 0.3) is 0 Å². The largest absolute Gasteiger partial charge is 0.442 e. The predicted octanol–water partition coefficient (Wildman–Crippen LogP) is 3.92. The van der Waals surface area contributed by atoms with Gasteiger partial charge >= 0.3 is 6.09 Å². The summed E-state index contributed by atoms with van der Waals surface area (Å²) in [7, 11) is 0. The Hall–Kier alpha value is -2.24. The zero-order valence-electron chi connectivity index (χ0n) is 12.3. The van der Waals surface area contributed by atoms with Crippen molar-refractivity contribution in [3.05, 3.63) is 41.7 Å². The van der Waals surface area contributed by atoms with E-state index in [1.165, 1.54) is 18.3 Å². The number of carbonyl (C=O) groups excluding carboxylic acids is 1. The van der Waals surface area contributed by atoms with Crippen LogP contribution in [0.15, 0.2) is 24.4 Å². The summed E-state index contributed by atoms with van der Waals surface area (Å²) in [5.41, 5.74) is 0.145. The molecule has 0 radical (unpaired) electrons. The van der Waals surface area contributed by atoms with Crippen molar-refractivity contribution in [1.29, 1.82) is 0 Å². The fourth-order valence-corrected chi connectivity index (χ4v) is 1.84. The Morgan fingerprint density at radius 3 is 2.52 bits per heavy atom. The van der Waals surface area contributed by atoms with E-state index < -0.39 is 23.3 Å². The van der Waals surface area contributed by atoms with Crippen LogP contribution in [0.3, 0.4) is 0 Å². The van der Waals surface area contributed by atoms with Crippen molar-refractivity contribution in [3.63, 3.8) is 0 Å². The van der Waals surface area contributed by atoms with E-state index in [9.17, 15) is 13.6 Å². The van der Waals surface area contributed by atoms with Crippen molar-refractivity contribution in [2.45, 2.75) is 33.3 Å².